The van der Waals surface area contributed by atoms with Gasteiger partial charge in [-0.25, -0.2) is 8.42 Å². The number of hydrogen-bond donors (Lipinski definition) is 1. The Hall–Kier alpha value is -3.03. The lowest BCUT2D eigenvalue weighted by molar-refractivity contribution is -0.119. The molecule has 0 aliphatic rings. The number of hydrogen-bond acceptors (Lipinski definition) is 4. The lowest BCUT2D eigenvalue weighted by atomic mass is 10.1. The van der Waals surface area contributed by atoms with Crippen molar-refractivity contribution in [3.05, 3.63) is 88.9 Å². The van der Waals surface area contributed by atoms with Crippen LogP contribution >= 0.6 is 11.6 Å². The molecule has 0 aliphatic heterocycles. The highest BCUT2D eigenvalue weighted by molar-refractivity contribution is 7.92. The van der Waals surface area contributed by atoms with Crippen molar-refractivity contribution in [3.63, 3.8) is 0 Å². The highest BCUT2D eigenvalue weighted by Crippen LogP contribution is 2.25. The molecule has 0 heterocycles. The van der Waals surface area contributed by atoms with Crippen LogP contribution in [0.1, 0.15) is 24.5 Å². The number of ether oxygens (including phenoxy) is 1. The minimum absolute atomic E-state index is 0.0702. The van der Waals surface area contributed by atoms with Crippen LogP contribution in [0.15, 0.2) is 77.7 Å². The molecule has 0 aromatic heterocycles. The van der Waals surface area contributed by atoms with Crippen molar-refractivity contribution in [1.29, 1.82) is 0 Å². The van der Waals surface area contributed by atoms with E-state index in [-0.39, 0.29) is 17.3 Å². The molecule has 6 nitrogen and oxygen atoms in total. The van der Waals surface area contributed by atoms with Crippen molar-refractivity contribution >= 4 is 33.2 Å². The first-order chi connectivity index (χ1) is 16.3. The van der Waals surface area contributed by atoms with E-state index in [2.05, 4.69) is 5.32 Å². The summed E-state index contributed by atoms with van der Waals surface area (Å²) in [5.41, 5.74) is 2.56. The average molecular weight is 501 g/mol. The van der Waals surface area contributed by atoms with E-state index in [1.807, 2.05) is 50.2 Å². The van der Waals surface area contributed by atoms with Crippen LogP contribution in [0.2, 0.25) is 5.02 Å². The van der Waals surface area contributed by atoms with Crippen LogP contribution in [0.25, 0.3) is 0 Å². The van der Waals surface area contributed by atoms with Gasteiger partial charge in [-0.1, -0.05) is 41.4 Å². The van der Waals surface area contributed by atoms with Gasteiger partial charge in [0, 0.05) is 11.6 Å². The van der Waals surface area contributed by atoms with Crippen LogP contribution in [-0.4, -0.2) is 34.0 Å². The number of carbonyl (C=O) groups excluding carboxylic acids is 1. The first kappa shape index (κ1) is 25.6. The highest BCUT2D eigenvalue weighted by atomic mass is 35.5. The van der Waals surface area contributed by atoms with Crippen molar-refractivity contribution in [1.82, 2.24) is 5.32 Å². The number of sulfonamides is 1. The summed E-state index contributed by atoms with van der Waals surface area (Å²) in [5.74, 6) is 0.461. The molecule has 180 valence electrons. The van der Waals surface area contributed by atoms with Gasteiger partial charge < -0.3 is 10.1 Å². The first-order valence-corrected chi connectivity index (χ1v) is 12.9. The molecule has 1 amide bonds. The Bertz CT molecular complexity index is 1180. The topological polar surface area (TPSA) is 75.7 Å². The molecule has 1 N–H and O–H groups in total. The maximum atomic E-state index is 13.3. The normalized spacial score (nSPS) is 11.1. The van der Waals surface area contributed by atoms with Gasteiger partial charge in [-0.2, -0.15) is 0 Å². The number of amides is 1. The third kappa shape index (κ3) is 6.98. The minimum atomic E-state index is -3.96. The lowest BCUT2D eigenvalue weighted by Gasteiger charge is -2.24. The quantitative estimate of drug-likeness (QED) is 0.376. The summed E-state index contributed by atoms with van der Waals surface area (Å²) < 4.78 is 33.3. The molecule has 3 rings (SSSR count). The third-order valence-electron chi connectivity index (χ3n) is 5.21. The Labute approximate surface area is 206 Å². The van der Waals surface area contributed by atoms with Crippen molar-refractivity contribution in [3.8, 4) is 5.75 Å². The van der Waals surface area contributed by atoms with Gasteiger partial charge in [-0.15, -0.1) is 0 Å². The summed E-state index contributed by atoms with van der Waals surface area (Å²) in [5, 5.41) is 3.27. The molecule has 0 bridgehead atoms. The number of aryl methyl sites for hydroxylation is 2. The van der Waals surface area contributed by atoms with Crippen molar-refractivity contribution < 1.29 is 17.9 Å². The van der Waals surface area contributed by atoms with Crippen LogP contribution in [-0.2, 0) is 21.2 Å². The molecule has 0 radical (unpaired) electrons. The predicted molar refractivity (Wildman–Crippen MR) is 136 cm³/mol. The maximum absolute atomic E-state index is 13.3. The van der Waals surface area contributed by atoms with E-state index in [0.717, 1.165) is 34.0 Å². The number of nitrogens with zero attached hydrogens (tertiary/aromatic N) is 1. The van der Waals surface area contributed by atoms with E-state index < -0.39 is 10.0 Å². The number of benzene rings is 3. The summed E-state index contributed by atoms with van der Waals surface area (Å²) >= 11 is 5.92. The van der Waals surface area contributed by atoms with E-state index in [9.17, 15) is 13.2 Å². The fourth-order valence-corrected chi connectivity index (χ4v) is 4.93. The van der Waals surface area contributed by atoms with Crippen molar-refractivity contribution in [2.24, 2.45) is 0 Å². The molecule has 0 saturated carbocycles. The molecular weight excluding hydrogens is 472 g/mol. The summed E-state index contributed by atoms with van der Waals surface area (Å²) in [6, 6.07) is 20.8. The van der Waals surface area contributed by atoms with Crippen LogP contribution in [0, 0.1) is 6.92 Å². The SMILES string of the molecule is CCOc1ccc(CCCNC(=O)CN(c2ccc(C)cc2)S(=O)(=O)c2ccc(Cl)cc2)cc1. The van der Waals surface area contributed by atoms with Gasteiger partial charge in [-0.3, -0.25) is 9.10 Å². The van der Waals surface area contributed by atoms with E-state index in [0.29, 0.717) is 23.9 Å². The van der Waals surface area contributed by atoms with Crippen LogP contribution in [0.3, 0.4) is 0 Å². The summed E-state index contributed by atoms with van der Waals surface area (Å²) in [6.07, 6.45) is 1.52. The predicted octanol–water partition coefficient (Wildman–Crippen LogP) is 4.99. The van der Waals surface area contributed by atoms with Gasteiger partial charge in [0.15, 0.2) is 0 Å². The van der Waals surface area contributed by atoms with E-state index in [1.54, 1.807) is 12.1 Å². The second-order valence-corrected chi connectivity index (χ2v) is 10.1. The van der Waals surface area contributed by atoms with Crippen LogP contribution in [0.5, 0.6) is 5.75 Å². The molecule has 0 atom stereocenters. The summed E-state index contributed by atoms with van der Waals surface area (Å²) in [6.45, 7) is 4.60. The minimum Gasteiger partial charge on any atom is -0.494 e. The Morgan fingerprint density at radius 3 is 2.24 bits per heavy atom. The summed E-state index contributed by atoms with van der Waals surface area (Å²) in [7, 11) is -3.96. The van der Waals surface area contributed by atoms with Crippen molar-refractivity contribution in [2.75, 3.05) is 24.0 Å². The van der Waals surface area contributed by atoms with Gasteiger partial charge in [0.2, 0.25) is 5.91 Å². The molecule has 0 spiro atoms. The van der Waals surface area contributed by atoms with Crippen LogP contribution < -0.4 is 14.4 Å². The van der Waals surface area contributed by atoms with E-state index in [4.69, 9.17) is 16.3 Å². The first-order valence-electron chi connectivity index (χ1n) is 11.1. The zero-order valence-electron chi connectivity index (χ0n) is 19.3. The van der Waals surface area contributed by atoms with E-state index >= 15 is 0 Å². The van der Waals surface area contributed by atoms with Crippen molar-refractivity contribution in [2.45, 2.75) is 31.6 Å². The molecule has 8 heteroatoms. The number of nitrogens with one attached hydrogen (secondary N) is 1. The Balaban J connectivity index is 1.64. The lowest BCUT2D eigenvalue weighted by Crippen LogP contribution is -2.41. The number of halogens is 1. The third-order valence-corrected chi connectivity index (χ3v) is 7.25. The second-order valence-electron chi connectivity index (χ2n) is 7.83. The van der Waals surface area contributed by atoms with Gasteiger partial charge in [0.1, 0.15) is 12.3 Å². The Morgan fingerprint density at radius 2 is 1.62 bits per heavy atom. The summed E-state index contributed by atoms with van der Waals surface area (Å²) in [4.78, 5) is 12.8. The smallest absolute Gasteiger partial charge is 0.264 e. The van der Waals surface area contributed by atoms with Crippen LogP contribution in [0.4, 0.5) is 5.69 Å². The molecular formula is C26H29ClN2O4S. The number of anilines is 1. The van der Waals surface area contributed by atoms with Gasteiger partial charge in [0.05, 0.1) is 17.2 Å². The molecule has 34 heavy (non-hydrogen) atoms. The second kappa shape index (κ2) is 11.9. The number of rotatable bonds is 11. The Kier molecular flexibility index (Phi) is 8.96. The molecule has 0 fully saturated rings. The van der Waals surface area contributed by atoms with E-state index in [1.165, 1.54) is 24.3 Å². The maximum Gasteiger partial charge on any atom is 0.264 e. The highest BCUT2D eigenvalue weighted by Gasteiger charge is 2.27. The molecule has 0 saturated heterocycles. The fraction of sp³-hybridized carbons (Fsp3) is 0.269. The zero-order valence-corrected chi connectivity index (χ0v) is 20.9. The average Bonchev–Trinajstić information content (AvgIpc) is 2.82. The Morgan fingerprint density at radius 1 is 0.971 bits per heavy atom. The number of carbonyl (C=O) groups is 1. The molecule has 3 aromatic carbocycles. The largest absolute Gasteiger partial charge is 0.494 e. The molecule has 0 aliphatic carbocycles. The molecule has 3 aromatic rings. The fourth-order valence-electron chi connectivity index (χ4n) is 3.39. The van der Waals surface area contributed by atoms with Gasteiger partial charge in [-0.05, 0) is 80.8 Å². The monoisotopic (exact) mass is 500 g/mol. The zero-order chi connectivity index (χ0) is 24.6. The molecule has 0 unspecified atom stereocenters. The van der Waals surface area contributed by atoms with Gasteiger partial charge >= 0.3 is 0 Å². The standard InChI is InChI=1S/C26H29ClN2O4S/c1-3-33-24-14-8-21(9-15-24)5-4-18-28-26(30)19-29(23-12-6-20(2)7-13-23)34(31,32)25-16-10-22(27)11-17-25/h6-17H,3-5,18-19H2,1-2H3,(H,28,30). The van der Waals surface area contributed by atoms with Gasteiger partial charge in [0.25, 0.3) is 10.0 Å².